The Morgan fingerprint density at radius 2 is 2.00 bits per heavy atom. The van der Waals surface area contributed by atoms with Crippen molar-refractivity contribution in [3.05, 3.63) is 41.7 Å². The summed E-state index contributed by atoms with van der Waals surface area (Å²) in [7, 11) is 1.80. The highest BCUT2D eigenvalue weighted by molar-refractivity contribution is 5.80. The maximum Gasteiger partial charge on any atom is 0.247 e. The van der Waals surface area contributed by atoms with Crippen LogP contribution < -0.4 is 5.73 Å². The lowest BCUT2D eigenvalue weighted by Crippen LogP contribution is -2.43. The molecule has 0 saturated carbocycles. The number of likely N-dealkylation sites (N-methyl/N-ethyl adjacent to an activating group) is 1. The quantitative estimate of drug-likeness (QED) is 0.824. The topological polar surface area (TPSA) is 89.9 Å². The molecule has 24 heavy (non-hydrogen) atoms. The molecule has 130 valence electrons. The van der Waals surface area contributed by atoms with E-state index in [0.29, 0.717) is 25.3 Å². The number of amides is 1. The first-order valence-electron chi connectivity index (χ1n) is 8.07. The van der Waals surface area contributed by atoms with Crippen LogP contribution in [0, 0.1) is 12.3 Å². The molecular weight excluding hydrogens is 304 g/mol. The number of carbonyl (C=O) groups excluding carboxylic acids is 1. The molecule has 1 heterocycles. The number of rotatable bonds is 7. The van der Waals surface area contributed by atoms with Gasteiger partial charge in [0.2, 0.25) is 5.91 Å². The summed E-state index contributed by atoms with van der Waals surface area (Å²) < 4.78 is 1.60. The van der Waals surface area contributed by atoms with E-state index in [2.05, 4.69) is 15.5 Å². The Morgan fingerprint density at radius 1 is 1.33 bits per heavy atom. The summed E-state index contributed by atoms with van der Waals surface area (Å²) in [4.78, 5) is 14.8. The smallest absolute Gasteiger partial charge is 0.247 e. The molecular formula is C17H26N6O. The van der Waals surface area contributed by atoms with E-state index in [1.165, 1.54) is 0 Å². The minimum Gasteiger partial charge on any atom is -0.343 e. The molecule has 0 aliphatic heterocycles. The van der Waals surface area contributed by atoms with E-state index in [-0.39, 0.29) is 11.3 Å². The predicted octanol–water partition coefficient (Wildman–Crippen LogP) is 1.21. The van der Waals surface area contributed by atoms with E-state index < -0.39 is 6.04 Å². The number of tetrazole rings is 1. The molecule has 0 saturated heterocycles. The number of carbonyl (C=O) groups is 1. The summed E-state index contributed by atoms with van der Waals surface area (Å²) in [6.45, 7) is 6.98. The van der Waals surface area contributed by atoms with Crippen molar-refractivity contribution in [3.63, 3.8) is 0 Å². The van der Waals surface area contributed by atoms with Crippen molar-refractivity contribution in [3.8, 4) is 0 Å². The van der Waals surface area contributed by atoms with Gasteiger partial charge in [0.1, 0.15) is 11.9 Å². The zero-order valence-electron chi connectivity index (χ0n) is 14.8. The summed E-state index contributed by atoms with van der Waals surface area (Å²) in [5.74, 6) is 0.603. The average molecular weight is 330 g/mol. The van der Waals surface area contributed by atoms with Gasteiger partial charge in [-0.1, -0.05) is 44.2 Å². The lowest BCUT2D eigenvalue weighted by Gasteiger charge is -2.31. The molecule has 0 aliphatic rings. The van der Waals surface area contributed by atoms with Crippen molar-refractivity contribution >= 4 is 5.91 Å². The number of aryl methyl sites for hydroxylation is 1. The van der Waals surface area contributed by atoms with Crippen LogP contribution in [0.1, 0.15) is 31.3 Å². The fraction of sp³-hybridized carbons (Fsp3) is 0.529. The molecule has 2 aromatic rings. The Labute approximate surface area is 142 Å². The van der Waals surface area contributed by atoms with Gasteiger partial charge in [-0.2, -0.15) is 0 Å². The van der Waals surface area contributed by atoms with Crippen molar-refractivity contribution in [2.75, 3.05) is 20.1 Å². The highest BCUT2D eigenvalue weighted by atomic mass is 16.2. The van der Waals surface area contributed by atoms with Gasteiger partial charge >= 0.3 is 0 Å². The Morgan fingerprint density at radius 3 is 2.54 bits per heavy atom. The largest absolute Gasteiger partial charge is 0.343 e. The van der Waals surface area contributed by atoms with Gasteiger partial charge in [0.25, 0.3) is 0 Å². The van der Waals surface area contributed by atoms with Crippen molar-refractivity contribution in [2.24, 2.45) is 11.1 Å². The maximum atomic E-state index is 13.1. The maximum absolute atomic E-state index is 13.1. The highest BCUT2D eigenvalue weighted by Gasteiger charge is 2.29. The summed E-state index contributed by atoms with van der Waals surface area (Å²) in [5, 5.41) is 11.6. The minimum absolute atomic E-state index is 0.0178. The van der Waals surface area contributed by atoms with Gasteiger partial charge in [-0.15, -0.1) is 5.10 Å². The predicted molar refractivity (Wildman–Crippen MR) is 92.2 cm³/mol. The number of nitrogens with two attached hydrogens (primary N) is 1. The highest BCUT2D eigenvalue weighted by Crippen LogP contribution is 2.20. The summed E-state index contributed by atoms with van der Waals surface area (Å²) >= 11 is 0. The second kappa shape index (κ2) is 7.53. The normalized spacial score (nSPS) is 12.9. The molecule has 1 amide bonds. The van der Waals surface area contributed by atoms with Crippen LogP contribution in [0.25, 0.3) is 0 Å². The SMILES string of the molecule is Cc1nnnn1C(Cc1ccccc1)C(=O)N(C)CC(C)(C)CN. The van der Waals surface area contributed by atoms with Crippen LogP contribution in [0.3, 0.4) is 0 Å². The lowest BCUT2D eigenvalue weighted by molar-refractivity contribution is -0.135. The molecule has 0 fully saturated rings. The third kappa shape index (κ3) is 4.38. The zero-order valence-corrected chi connectivity index (χ0v) is 14.8. The van der Waals surface area contributed by atoms with Gasteiger partial charge < -0.3 is 10.6 Å². The van der Waals surface area contributed by atoms with E-state index in [1.807, 2.05) is 44.2 Å². The molecule has 0 aliphatic carbocycles. The third-order valence-electron chi connectivity index (χ3n) is 4.10. The van der Waals surface area contributed by atoms with E-state index in [1.54, 1.807) is 23.6 Å². The van der Waals surface area contributed by atoms with Gasteiger partial charge in [-0.25, -0.2) is 4.68 Å². The molecule has 2 rings (SSSR count). The fourth-order valence-corrected chi connectivity index (χ4v) is 2.68. The first kappa shape index (κ1) is 18.1. The van der Waals surface area contributed by atoms with Gasteiger partial charge in [0, 0.05) is 20.0 Å². The van der Waals surface area contributed by atoms with Gasteiger partial charge in [0.05, 0.1) is 0 Å². The summed E-state index contributed by atoms with van der Waals surface area (Å²) in [6, 6.07) is 9.42. The van der Waals surface area contributed by atoms with Crippen molar-refractivity contribution in [2.45, 2.75) is 33.2 Å². The zero-order chi connectivity index (χ0) is 17.7. The number of hydrogen-bond acceptors (Lipinski definition) is 5. The van der Waals surface area contributed by atoms with Crippen LogP contribution in [0.4, 0.5) is 0 Å². The number of nitrogens with zero attached hydrogens (tertiary/aromatic N) is 5. The molecule has 1 atom stereocenters. The van der Waals surface area contributed by atoms with Crippen LogP contribution in [0.15, 0.2) is 30.3 Å². The second-order valence-corrected chi connectivity index (χ2v) is 6.94. The van der Waals surface area contributed by atoms with E-state index >= 15 is 0 Å². The number of hydrogen-bond donors (Lipinski definition) is 1. The molecule has 7 heteroatoms. The molecule has 0 radical (unpaired) electrons. The van der Waals surface area contributed by atoms with Gasteiger partial charge in [-0.3, -0.25) is 4.79 Å². The van der Waals surface area contributed by atoms with Crippen LogP contribution in [0.5, 0.6) is 0 Å². The minimum atomic E-state index is -0.471. The summed E-state index contributed by atoms with van der Waals surface area (Å²) in [6.07, 6.45) is 0.541. The standard InChI is InChI=1S/C17H26N6O/c1-13-19-20-21-23(13)15(10-14-8-6-5-7-9-14)16(24)22(4)12-17(2,3)11-18/h5-9,15H,10-12,18H2,1-4H3. The van der Waals surface area contributed by atoms with Crippen molar-refractivity contribution in [1.29, 1.82) is 0 Å². The Kier molecular flexibility index (Phi) is 5.66. The van der Waals surface area contributed by atoms with E-state index in [9.17, 15) is 4.79 Å². The van der Waals surface area contributed by atoms with Gasteiger partial charge in [-0.05, 0) is 34.9 Å². The molecule has 0 spiro atoms. The van der Waals surface area contributed by atoms with Crippen molar-refractivity contribution in [1.82, 2.24) is 25.1 Å². The first-order chi connectivity index (χ1) is 11.3. The molecule has 2 N–H and O–H groups in total. The molecule has 0 bridgehead atoms. The molecule has 7 nitrogen and oxygen atoms in total. The molecule has 1 unspecified atom stereocenters. The molecule has 1 aromatic heterocycles. The average Bonchev–Trinajstić information content (AvgIpc) is 2.98. The Bertz CT molecular complexity index is 667. The first-order valence-corrected chi connectivity index (χ1v) is 8.07. The monoisotopic (exact) mass is 330 g/mol. The summed E-state index contributed by atoms with van der Waals surface area (Å²) in [5.41, 5.74) is 6.72. The third-order valence-corrected chi connectivity index (χ3v) is 4.10. The van der Waals surface area contributed by atoms with E-state index in [0.717, 1.165) is 5.56 Å². The Balaban J connectivity index is 2.25. The Hall–Kier alpha value is -2.28. The van der Waals surface area contributed by atoms with Crippen molar-refractivity contribution < 1.29 is 4.79 Å². The fourth-order valence-electron chi connectivity index (χ4n) is 2.68. The second-order valence-electron chi connectivity index (χ2n) is 6.94. The lowest BCUT2D eigenvalue weighted by atomic mass is 9.93. The number of aromatic nitrogens is 4. The number of benzene rings is 1. The van der Waals surface area contributed by atoms with Crippen LogP contribution in [-0.2, 0) is 11.2 Å². The van der Waals surface area contributed by atoms with E-state index in [4.69, 9.17) is 5.73 Å². The van der Waals surface area contributed by atoms with Gasteiger partial charge in [0.15, 0.2) is 0 Å². The molecule has 1 aromatic carbocycles. The van der Waals surface area contributed by atoms with Crippen LogP contribution >= 0.6 is 0 Å². The van der Waals surface area contributed by atoms with Crippen LogP contribution in [-0.4, -0.2) is 51.2 Å². The van der Waals surface area contributed by atoms with Crippen LogP contribution in [0.2, 0.25) is 0 Å².